The Hall–Kier alpha value is -3.20. The summed E-state index contributed by atoms with van der Waals surface area (Å²) in [5.41, 5.74) is -1.28. The standard InChI is InChI=1S/C28H31BrO8/c1-9-35-24-17(13-29)18(36-25(32)27(2,3)4)12-16-21(24)23(31)20-15(22(16)30)10-14(34-8)11-19(20)37-26(33)28(5,6)7/h10-12H,9,13H2,1-8H3. The number of ether oxygens (including phenoxy) is 4. The zero-order chi connectivity index (χ0) is 27.9. The second kappa shape index (κ2) is 10.3. The lowest BCUT2D eigenvalue weighted by atomic mass is 9.81. The molecule has 0 fully saturated rings. The Morgan fingerprint density at radius 2 is 1.35 bits per heavy atom. The molecular formula is C28H31BrO8. The van der Waals surface area contributed by atoms with Crippen LogP contribution in [0, 0.1) is 10.8 Å². The van der Waals surface area contributed by atoms with Crippen molar-refractivity contribution in [3.63, 3.8) is 0 Å². The molecule has 0 heterocycles. The molecular weight excluding hydrogens is 544 g/mol. The summed E-state index contributed by atoms with van der Waals surface area (Å²) in [7, 11) is 1.40. The number of ketones is 2. The highest BCUT2D eigenvalue weighted by atomic mass is 79.9. The van der Waals surface area contributed by atoms with Crippen LogP contribution in [0.3, 0.4) is 0 Å². The van der Waals surface area contributed by atoms with Crippen LogP contribution in [-0.2, 0) is 14.9 Å². The molecule has 2 aromatic rings. The molecule has 0 spiro atoms. The van der Waals surface area contributed by atoms with Gasteiger partial charge < -0.3 is 18.9 Å². The maximum absolute atomic E-state index is 14.0. The lowest BCUT2D eigenvalue weighted by molar-refractivity contribution is -0.143. The highest BCUT2D eigenvalue weighted by Gasteiger charge is 2.39. The third kappa shape index (κ3) is 5.42. The molecule has 0 amide bonds. The zero-order valence-corrected chi connectivity index (χ0v) is 23.9. The first-order chi connectivity index (χ1) is 17.1. The van der Waals surface area contributed by atoms with E-state index < -0.39 is 34.3 Å². The minimum absolute atomic E-state index is 0.00991. The van der Waals surface area contributed by atoms with E-state index in [4.69, 9.17) is 18.9 Å². The molecule has 0 saturated heterocycles. The van der Waals surface area contributed by atoms with Crippen LogP contribution in [0.5, 0.6) is 23.0 Å². The van der Waals surface area contributed by atoms with Crippen LogP contribution in [0.25, 0.3) is 0 Å². The molecule has 9 heteroatoms. The molecule has 198 valence electrons. The van der Waals surface area contributed by atoms with Gasteiger partial charge in [-0.05, 0) is 60.6 Å². The van der Waals surface area contributed by atoms with E-state index in [0.29, 0.717) is 5.56 Å². The van der Waals surface area contributed by atoms with Crippen LogP contribution in [0.1, 0.15) is 85.9 Å². The number of benzene rings is 2. The van der Waals surface area contributed by atoms with E-state index in [-0.39, 0.29) is 57.2 Å². The Bertz CT molecular complexity index is 1290. The van der Waals surface area contributed by atoms with Gasteiger partial charge >= 0.3 is 11.9 Å². The lowest BCUT2D eigenvalue weighted by Gasteiger charge is -2.26. The van der Waals surface area contributed by atoms with Gasteiger partial charge in [-0.3, -0.25) is 19.2 Å². The van der Waals surface area contributed by atoms with Crippen molar-refractivity contribution in [2.45, 2.75) is 53.8 Å². The summed E-state index contributed by atoms with van der Waals surface area (Å²) in [6.07, 6.45) is 0. The summed E-state index contributed by atoms with van der Waals surface area (Å²) >= 11 is 3.40. The Balaban J connectivity index is 2.31. The van der Waals surface area contributed by atoms with Crippen molar-refractivity contribution in [2.24, 2.45) is 10.8 Å². The first-order valence-corrected chi connectivity index (χ1v) is 12.9. The summed E-state index contributed by atoms with van der Waals surface area (Å²) in [5, 5.41) is 0.186. The van der Waals surface area contributed by atoms with Gasteiger partial charge in [0.1, 0.15) is 23.0 Å². The summed E-state index contributed by atoms with van der Waals surface area (Å²) in [5.74, 6) is -1.76. The van der Waals surface area contributed by atoms with E-state index in [1.165, 1.54) is 25.3 Å². The normalized spacial score (nSPS) is 13.0. The van der Waals surface area contributed by atoms with Gasteiger partial charge in [-0.25, -0.2) is 0 Å². The predicted molar refractivity (Wildman–Crippen MR) is 140 cm³/mol. The summed E-state index contributed by atoms with van der Waals surface area (Å²) in [4.78, 5) is 53.2. The van der Waals surface area contributed by atoms with Crippen molar-refractivity contribution in [3.05, 3.63) is 46.0 Å². The highest BCUT2D eigenvalue weighted by molar-refractivity contribution is 9.08. The lowest BCUT2D eigenvalue weighted by Crippen LogP contribution is -2.29. The van der Waals surface area contributed by atoms with Crippen molar-refractivity contribution < 1.29 is 38.1 Å². The average Bonchev–Trinajstić information content (AvgIpc) is 2.80. The second-order valence-corrected chi connectivity index (χ2v) is 11.2. The number of halogens is 1. The number of alkyl halides is 1. The fourth-order valence-corrected chi connectivity index (χ4v) is 4.11. The van der Waals surface area contributed by atoms with Gasteiger partial charge in [-0.1, -0.05) is 15.9 Å². The monoisotopic (exact) mass is 574 g/mol. The molecule has 0 atom stereocenters. The minimum atomic E-state index is -0.860. The number of carbonyl (C=O) groups excluding carboxylic acids is 4. The largest absolute Gasteiger partial charge is 0.497 e. The van der Waals surface area contributed by atoms with Crippen LogP contribution >= 0.6 is 15.9 Å². The third-order valence-corrected chi connectivity index (χ3v) is 6.21. The Labute approximate surface area is 224 Å². The molecule has 0 unspecified atom stereocenters. The first kappa shape index (κ1) is 28.4. The Morgan fingerprint density at radius 3 is 1.84 bits per heavy atom. The van der Waals surface area contributed by atoms with E-state index in [0.717, 1.165) is 0 Å². The SMILES string of the molecule is CCOc1c(CBr)c(OC(=O)C(C)(C)C)cc2c1C(=O)c1c(OC(=O)C(C)(C)C)cc(OC)cc1C2=O. The number of carbonyl (C=O) groups is 4. The van der Waals surface area contributed by atoms with Gasteiger partial charge in [0.15, 0.2) is 5.78 Å². The van der Waals surface area contributed by atoms with Crippen molar-refractivity contribution in [3.8, 4) is 23.0 Å². The van der Waals surface area contributed by atoms with E-state index in [1.54, 1.807) is 48.5 Å². The molecule has 8 nitrogen and oxygen atoms in total. The summed E-state index contributed by atoms with van der Waals surface area (Å²) in [6, 6.07) is 4.22. The van der Waals surface area contributed by atoms with E-state index in [9.17, 15) is 19.2 Å². The number of fused-ring (bicyclic) bond motifs is 2. The zero-order valence-electron chi connectivity index (χ0n) is 22.3. The molecule has 0 saturated carbocycles. The summed E-state index contributed by atoms with van der Waals surface area (Å²) in [6.45, 7) is 12.1. The van der Waals surface area contributed by atoms with E-state index in [2.05, 4.69) is 15.9 Å². The summed E-state index contributed by atoms with van der Waals surface area (Å²) < 4.78 is 22.5. The maximum Gasteiger partial charge on any atom is 0.316 e. The quantitative estimate of drug-likeness (QED) is 0.211. The Kier molecular flexibility index (Phi) is 7.88. The third-order valence-electron chi connectivity index (χ3n) is 5.65. The van der Waals surface area contributed by atoms with Crippen LogP contribution < -0.4 is 18.9 Å². The number of methoxy groups -OCH3 is 1. The molecule has 1 aliphatic rings. The van der Waals surface area contributed by atoms with Crippen LogP contribution in [-0.4, -0.2) is 37.2 Å². The number of hydrogen-bond donors (Lipinski definition) is 0. The Morgan fingerprint density at radius 1 is 0.811 bits per heavy atom. The van der Waals surface area contributed by atoms with Crippen molar-refractivity contribution >= 4 is 39.4 Å². The van der Waals surface area contributed by atoms with Crippen LogP contribution in [0.4, 0.5) is 0 Å². The van der Waals surface area contributed by atoms with Gasteiger partial charge in [0.25, 0.3) is 0 Å². The van der Waals surface area contributed by atoms with Crippen LogP contribution in [0.15, 0.2) is 18.2 Å². The van der Waals surface area contributed by atoms with Gasteiger partial charge in [0, 0.05) is 28.1 Å². The predicted octanol–water partition coefficient (Wildman–Crippen LogP) is 5.67. The van der Waals surface area contributed by atoms with Crippen LogP contribution in [0.2, 0.25) is 0 Å². The number of esters is 2. The number of rotatable bonds is 6. The van der Waals surface area contributed by atoms with Crippen molar-refractivity contribution in [1.82, 2.24) is 0 Å². The molecule has 0 N–H and O–H groups in total. The van der Waals surface area contributed by atoms with Crippen molar-refractivity contribution in [2.75, 3.05) is 13.7 Å². The molecule has 0 aliphatic heterocycles. The molecule has 0 bridgehead atoms. The highest BCUT2D eigenvalue weighted by Crippen LogP contribution is 2.45. The van der Waals surface area contributed by atoms with Gasteiger partial charge in [0.05, 0.1) is 35.7 Å². The van der Waals surface area contributed by atoms with Gasteiger partial charge in [-0.2, -0.15) is 0 Å². The second-order valence-electron chi connectivity index (χ2n) is 10.7. The smallest absolute Gasteiger partial charge is 0.316 e. The van der Waals surface area contributed by atoms with E-state index in [1.807, 2.05) is 0 Å². The van der Waals surface area contributed by atoms with Crippen molar-refractivity contribution in [1.29, 1.82) is 0 Å². The maximum atomic E-state index is 14.0. The molecule has 0 aromatic heterocycles. The first-order valence-electron chi connectivity index (χ1n) is 11.8. The van der Waals surface area contributed by atoms with Gasteiger partial charge in [-0.15, -0.1) is 0 Å². The van der Waals surface area contributed by atoms with Gasteiger partial charge in [0.2, 0.25) is 5.78 Å². The van der Waals surface area contributed by atoms with E-state index >= 15 is 0 Å². The minimum Gasteiger partial charge on any atom is -0.497 e. The molecule has 2 aromatic carbocycles. The molecule has 0 radical (unpaired) electrons. The topological polar surface area (TPSA) is 105 Å². The fourth-order valence-electron chi connectivity index (χ4n) is 3.58. The average molecular weight is 575 g/mol. The number of hydrogen-bond acceptors (Lipinski definition) is 8. The molecule has 37 heavy (non-hydrogen) atoms. The fraction of sp³-hybridized carbons (Fsp3) is 0.429. The molecule has 1 aliphatic carbocycles. The molecule has 3 rings (SSSR count).